The summed E-state index contributed by atoms with van der Waals surface area (Å²) in [5.74, 6) is 0.578. The van der Waals surface area contributed by atoms with Gasteiger partial charge in [0.05, 0.1) is 5.60 Å². The summed E-state index contributed by atoms with van der Waals surface area (Å²) in [4.78, 5) is 2.41. The van der Waals surface area contributed by atoms with E-state index < -0.39 is 5.60 Å². The number of hydrogen-bond acceptors (Lipinski definition) is 2. The van der Waals surface area contributed by atoms with Crippen LogP contribution < -0.4 is 0 Å². The van der Waals surface area contributed by atoms with Crippen molar-refractivity contribution in [3.05, 3.63) is 77.4 Å². The highest BCUT2D eigenvalue weighted by atomic mass is 16.3. The lowest BCUT2D eigenvalue weighted by Gasteiger charge is -2.38. The van der Waals surface area contributed by atoms with Crippen LogP contribution in [0.25, 0.3) is 6.08 Å². The predicted molar refractivity (Wildman–Crippen MR) is 106 cm³/mol. The predicted octanol–water partition coefficient (Wildman–Crippen LogP) is 4.81. The fourth-order valence-electron chi connectivity index (χ4n) is 3.47. The van der Waals surface area contributed by atoms with E-state index in [1.54, 1.807) is 0 Å². The number of rotatable bonds is 5. The highest BCUT2D eigenvalue weighted by Crippen LogP contribution is 2.32. The molecule has 1 saturated heterocycles. The largest absolute Gasteiger partial charge is 0.385 e. The van der Waals surface area contributed by atoms with Gasteiger partial charge in [-0.05, 0) is 35.4 Å². The van der Waals surface area contributed by atoms with Gasteiger partial charge in [0, 0.05) is 19.6 Å². The van der Waals surface area contributed by atoms with Gasteiger partial charge in [-0.3, -0.25) is 4.90 Å². The third-order valence-electron chi connectivity index (χ3n) is 5.27. The summed E-state index contributed by atoms with van der Waals surface area (Å²) in [6.07, 6.45) is 6.03. The van der Waals surface area contributed by atoms with Crippen LogP contribution in [0.2, 0.25) is 0 Å². The summed E-state index contributed by atoms with van der Waals surface area (Å²) in [5.41, 5.74) is 3.03. The Morgan fingerprint density at radius 1 is 1.00 bits per heavy atom. The van der Waals surface area contributed by atoms with E-state index in [1.807, 2.05) is 30.3 Å². The molecular weight excluding hydrogens is 306 g/mol. The average Bonchev–Trinajstić information content (AvgIpc) is 2.65. The minimum absolute atomic E-state index is 0.578. The Hall–Kier alpha value is -1.90. The molecule has 2 aromatic rings. The molecule has 1 heterocycles. The van der Waals surface area contributed by atoms with Crippen molar-refractivity contribution in [3.63, 3.8) is 0 Å². The molecule has 0 saturated carbocycles. The number of nitrogens with zero attached hydrogens (tertiary/aromatic N) is 1. The quantitative estimate of drug-likeness (QED) is 0.848. The van der Waals surface area contributed by atoms with Gasteiger partial charge in [-0.1, -0.05) is 80.6 Å². The Balaban J connectivity index is 1.51. The van der Waals surface area contributed by atoms with Crippen LogP contribution in [0.4, 0.5) is 0 Å². The number of aliphatic hydroxyl groups is 1. The summed E-state index contributed by atoms with van der Waals surface area (Å²) < 4.78 is 0. The second-order valence-corrected chi connectivity index (χ2v) is 7.42. The lowest BCUT2D eigenvalue weighted by molar-refractivity contribution is -0.0233. The lowest BCUT2D eigenvalue weighted by atomic mass is 9.84. The van der Waals surface area contributed by atoms with E-state index in [9.17, 15) is 5.11 Å². The van der Waals surface area contributed by atoms with Crippen molar-refractivity contribution in [2.75, 3.05) is 19.6 Å². The molecule has 3 rings (SSSR count). The van der Waals surface area contributed by atoms with Crippen molar-refractivity contribution in [2.45, 2.75) is 38.2 Å². The molecule has 25 heavy (non-hydrogen) atoms. The second kappa shape index (κ2) is 7.99. The van der Waals surface area contributed by atoms with Crippen molar-refractivity contribution in [3.8, 4) is 0 Å². The normalized spacial score (nSPS) is 18.1. The molecule has 1 fully saturated rings. The van der Waals surface area contributed by atoms with Crippen LogP contribution in [0.15, 0.2) is 60.7 Å². The van der Waals surface area contributed by atoms with E-state index >= 15 is 0 Å². The van der Waals surface area contributed by atoms with Crippen LogP contribution >= 0.6 is 0 Å². The summed E-state index contributed by atoms with van der Waals surface area (Å²) in [6, 6.07) is 18.9. The van der Waals surface area contributed by atoms with Gasteiger partial charge in [-0.2, -0.15) is 0 Å². The van der Waals surface area contributed by atoms with Crippen LogP contribution in [-0.2, 0) is 5.60 Å². The Bertz CT molecular complexity index is 680. The summed E-state index contributed by atoms with van der Waals surface area (Å²) in [5, 5.41) is 10.9. The molecule has 0 amide bonds. The molecule has 1 N–H and O–H groups in total. The van der Waals surface area contributed by atoms with Gasteiger partial charge in [-0.15, -0.1) is 0 Å². The molecule has 0 atom stereocenters. The third-order valence-corrected chi connectivity index (χ3v) is 5.27. The molecular formula is C23H29NO. The van der Waals surface area contributed by atoms with Gasteiger partial charge < -0.3 is 5.11 Å². The average molecular weight is 335 g/mol. The molecule has 1 aliphatic heterocycles. The smallest absolute Gasteiger partial charge is 0.0920 e. The Morgan fingerprint density at radius 3 is 2.24 bits per heavy atom. The molecule has 0 radical (unpaired) electrons. The van der Waals surface area contributed by atoms with Crippen LogP contribution in [0.1, 0.15) is 49.3 Å². The first-order chi connectivity index (χ1) is 12.1. The van der Waals surface area contributed by atoms with Crippen molar-refractivity contribution in [1.29, 1.82) is 0 Å². The number of benzene rings is 2. The summed E-state index contributed by atoms with van der Waals surface area (Å²) in [7, 11) is 0. The van der Waals surface area contributed by atoms with Crippen LogP contribution in [0.5, 0.6) is 0 Å². The topological polar surface area (TPSA) is 23.5 Å². The lowest BCUT2D eigenvalue weighted by Crippen LogP contribution is -2.42. The molecule has 0 unspecified atom stereocenters. The number of hydrogen-bond donors (Lipinski definition) is 1. The number of likely N-dealkylation sites (tertiary alicyclic amines) is 1. The first-order valence-corrected chi connectivity index (χ1v) is 9.34. The van der Waals surface area contributed by atoms with Gasteiger partial charge >= 0.3 is 0 Å². The SMILES string of the molecule is CC(C)c1ccc(/C=C/CN2CCC(O)(c3ccccc3)CC2)cc1. The standard InChI is InChI=1S/C23H29NO/c1-19(2)21-12-10-20(11-13-21)7-6-16-24-17-14-23(25,15-18-24)22-8-4-3-5-9-22/h3-13,19,25H,14-18H2,1-2H3/b7-6+. The van der Waals surface area contributed by atoms with Gasteiger partial charge in [0.15, 0.2) is 0 Å². The molecule has 0 aliphatic carbocycles. The summed E-state index contributed by atoms with van der Waals surface area (Å²) >= 11 is 0. The third kappa shape index (κ3) is 4.59. The zero-order valence-corrected chi connectivity index (χ0v) is 15.4. The fourth-order valence-corrected chi connectivity index (χ4v) is 3.47. The molecule has 0 spiro atoms. The van der Waals surface area contributed by atoms with Crippen LogP contribution in [0.3, 0.4) is 0 Å². The van der Waals surface area contributed by atoms with Crippen molar-refractivity contribution < 1.29 is 5.11 Å². The van der Waals surface area contributed by atoms with Gasteiger partial charge in [0.2, 0.25) is 0 Å². The van der Waals surface area contributed by atoms with E-state index in [-0.39, 0.29) is 0 Å². The minimum Gasteiger partial charge on any atom is -0.385 e. The van der Waals surface area contributed by atoms with Crippen LogP contribution in [0, 0.1) is 0 Å². The zero-order chi connectivity index (χ0) is 17.7. The molecule has 2 nitrogen and oxygen atoms in total. The molecule has 2 aromatic carbocycles. The Kier molecular flexibility index (Phi) is 5.72. The highest BCUT2D eigenvalue weighted by molar-refractivity contribution is 5.50. The van der Waals surface area contributed by atoms with E-state index in [0.29, 0.717) is 5.92 Å². The maximum Gasteiger partial charge on any atom is 0.0920 e. The van der Waals surface area contributed by atoms with Gasteiger partial charge in [0.1, 0.15) is 0 Å². The van der Waals surface area contributed by atoms with Crippen molar-refractivity contribution in [2.24, 2.45) is 0 Å². The molecule has 132 valence electrons. The zero-order valence-electron chi connectivity index (χ0n) is 15.4. The van der Waals surface area contributed by atoms with Gasteiger partial charge in [0.25, 0.3) is 0 Å². The van der Waals surface area contributed by atoms with Gasteiger partial charge in [-0.25, -0.2) is 0 Å². The van der Waals surface area contributed by atoms with E-state index in [2.05, 4.69) is 55.2 Å². The van der Waals surface area contributed by atoms with E-state index in [4.69, 9.17) is 0 Å². The molecule has 0 bridgehead atoms. The first kappa shape index (κ1) is 17.9. The van der Waals surface area contributed by atoms with Crippen LogP contribution in [-0.4, -0.2) is 29.6 Å². The Labute approximate surface area is 151 Å². The van der Waals surface area contributed by atoms with E-state index in [0.717, 1.165) is 38.0 Å². The van der Waals surface area contributed by atoms with Crippen molar-refractivity contribution in [1.82, 2.24) is 4.90 Å². The number of piperidine rings is 1. The van der Waals surface area contributed by atoms with E-state index in [1.165, 1.54) is 11.1 Å². The summed E-state index contributed by atoms with van der Waals surface area (Å²) in [6.45, 7) is 7.25. The molecule has 0 aromatic heterocycles. The Morgan fingerprint density at radius 2 is 1.64 bits per heavy atom. The minimum atomic E-state index is -0.659. The highest BCUT2D eigenvalue weighted by Gasteiger charge is 2.33. The first-order valence-electron chi connectivity index (χ1n) is 9.34. The van der Waals surface area contributed by atoms with Crippen molar-refractivity contribution >= 4 is 6.08 Å². The second-order valence-electron chi connectivity index (χ2n) is 7.42. The molecule has 1 aliphatic rings. The molecule has 2 heteroatoms. The monoisotopic (exact) mass is 335 g/mol. The maximum atomic E-state index is 10.9. The maximum absolute atomic E-state index is 10.9. The fraction of sp³-hybridized carbons (Fsp3) is 0.391.